The highest BCUT2D eigenvalue weighted by atomic mass is 16.3. The van der Waals surface area contributed by atoms with Gasteiger partial charge in [0.2, 0.25) is 0 Å². The van der Waals surface area contributed by atoms with Crippen molar-refractivity contribution in [3.63, 3.8) is 0 Å². The number of aliphatic hydroxyl groups excluding tert-OH is 1. The average Bonchev–Trinajstić information content (AvgIpc) is 2.31. The lowest BCUT2D eigenvalue weighted by Crippen LogP contribution is -1.99. The van der Waals surface area contributed by atoms with Gasteiger partial charge in [-0.25, -0.2) is 0 Å². The summed E-state index contributed by atoms with van der Waals surface area (Å²) in [6, 6.07) is 0. The van der Waals surface area contributed by atoms with E-state index in [0.717, 1.165) is 5.69 Å². The Hall–Kier alpha value is -0.900. The Balaban J connectivity index is 3.08. The van der Waals surface area contributed by atoms with E-state index < -0.39 is 6.10 Å². The molecule has 1 aromatic heterocycles. The fourth-order valence-corrected chi connectivity index (χ4v) is 1.15. The molecule has 1 rings (SSSR count). The molecule has 0 bridgehead atoms. The summed E-state index contributed by atoms with van der Waals surface area (Å²) in [6.45, 7) is 5.78. The molecule has 1 N–H and O–H groups in total. The highest BCUT2D eigenvalue weighted by molar-refractivity contribution is 5.14. The van der Waals surface area contributed by atoms with Crippen LogP contribution in [0.1, 0.15) is 44.2 Å². The van der Waals surface area contributed by atoms with Gasteiger partial charge in [-0.1, -0.05) is 13.8 Å². The van der Waals surface area contributed by atoms with Crippen LogP contribution in [-0.4, -0.2) is 20.1 Å². The molecule has 0 radical (unpaired) electrons. The largest absolute Gasteiger partial charge is 0.387 e. The van der Waals surface area contributed by atoms with Crippen molar-refractivity contribution in [3.05, 3.63) is 11.4 Å². The van der Waals surface area contributed by atoms with E-state index in [1.165, 1.54) is 4.80 Å². The van der Waals surface area contributed by atoms with Crippen LogP contribution in [0.5, 0.6) is 0 Å². The molecule has 1 aromatic rings. The zero-order chi connectivity index (χ0) is 9.30. The minimum atomic E-state index is -0.531. The number of aryl methyl sites for hydroxylation is 1. The van der Waals surface area contributed by atoms with Crippen LogP contribution in [0.3, 0.4) is 0 Å². The maximum absolute atomic E-state index is 9.35. The summed E-state index contributed by atoms with van der Waals surface area (Å²) in [4.78, 5) is 1.50. The van der Waals surface area contributed by atoms with Gasteiger partial charge in [0.05, 0.1) is 11.8 Å². The third-order valence-electron chi connectivity index (χ3n) is 1.71. The van der Waals surface area contributed by atoms with Crippen LogP contribution in [0.25, 0.3) is 0 Å². The average molecular weight is 169 g/mol. The van der Waals surface area contributed by atoms with E-state index in [-0.39, 0.29) is 0 Å². The number of nitrogens with zero attached hydrogens (tertiary/aromatic N) is 3. The number of aromatic nitrogens is 3. The molecule has 0 aliphatic heterocycles. The van der Waals surface area contributed by atoms with Gasteiger partial charge in [-0.3, -0.25) is 0 Å². The van der Waals surface area contributed by atoms with Gasteiger partial charge in [-0.05, 0) is 12.8 Å². The molecule has 68 valence electrons. The summed E-state index contributed by atoms with van der Waals surface area (Å²) < 4.78 is 0. The van der Waals surface area contributed by atoms with Crippen molar-refractivity contribution in [3.8, 4) is 0 Å². The summed E-state index contributed by atoms with van der Waals surface area (Å²) in [5, 5.41) is 17.6. The third-order valence-corrected chi connectivity index (χ3v) is 1.71. The normalized spacial score (nSPS) is 13.8. The Morgan fingerprint density at radius 3 is 2.00 bits per heavy atom. The predicted molar refractivity (Wildman–Crippen MR) is 45.7 cm³/mol. The summed E-state index contributed by atoms with van der Waals surface area (Å²) in [5.41, 5.74) is 1.57. The SMILES string of the molecule is CC(C)c1nn(C)nc1C(C)O. The fourth-order valence-electron chi connectivity index (χ4n) is 1.15. The minimum absolute atomic E-state index is 0.309. The Morgan fingerprint density at radius 2 is 1.67 bits per heavy atom. The number of hydrogen-bond donors (Lipinski definition) is 1. The molecule has 4 heteroatoms. The zero-order valence-corrected chi connectivity index (χ0v) is 7.94. The quantitative estimate of drug-likeness (QED) is 0.718. The van der Waals surface area contributed by atoms with E-state index in [9.17, 15) is 5.11 Å². The van der Waals surface area contributed by atoms with Crippen LogP contribution in [0.15, 0.2) is 0 Å². The topological polar surface area (TPSA) is 50.9 Å². The van der Waals surface area contributed by atoms with E-state index >= 15 is 0 Å². The van der Waals surface area contributed by atoms with E-state index in [1.807, 2.05) is 13.8 Å². The molecular weight excluding hydrogens is 154 g/mol. The molecular formula is C8H15N3O. The van der Waals surface area contributed by atoms with E-state index in [2.05, 4.69) is 10.2 Å². The molecule has 1 heterocycles. The Labute approximate surface area is 72.2 Å². The second kappa shape index (κ2) is 3.23. The molecule has 0 aromatic carbocycles. The minimum Gasteiger partial charge on any atom is -0.387 e. The Kier molecular flexibility index (Phi) is 2.47. The van der Waals surface area contributed by atoms with Gasteiger partial charge >= 0.3 is 0 Å². The van der Waals surface area contributed by atoms with Crippen molar-refractivity contribution in [1.29, 1.82) is 0 Å². The molecule has 0 fully saturated rings. The van der Waals surface area contributed by atoms with Gasteiger partial charge in [0, 0.05) is 7.05 Å². The maximum Gasteiger partial charge on any atom is 0.114 e. The highest BCUT2D eigenvalue weighted by Gasteiger charge is 2.16. The van der Waals surface area contributed by atoms with Crippen molar-refractivity contribution in [2.45, 2.75) is 32.8 Å². The van der Waals surface area contributed by atoms with Gasteiger partial charge in [-0.15, -0.1) is 0 Å². The third kappa shape index (κ3) is 1.64. The van der Waals surface area contributed by atoms with Crippen LogP contribution in [-0.2, 0) is 7.05 Å². The Morgan fingerprint density at radius 1 is 1.17 bits per heavy atom. The monoisotopic (exact) mass is 169 g/mol. The van der Waals surface area contributed by atoms with Crippen molar-refractivity contribution >= 4 is 0 Å². The fraction of sp³-hybridized carbons (Fsp3) is 0.750. The molecule has 0 amide bonds. The summed E-state index contributed by atoms with van der Waals surface area (Å²) in [5.74, 6) is 0.309. The first-order valence-electron chi connectivity index (χ1n) is 4.11. The summed E-state index contributed by atoms with van der Waals surface area (Å²) in [7, 11) is 1.76. The first-order valence-corrected chi connectivity index (χ1v) is 4.11. The van der Waals surface area contributed by atoms with Gasteiger partial charge in [-0.2, -0.15) is 15.0 Å². The Bertz CT molecular complexity index is 240. The number of hydrogen-bond acceptors (Lipinski definition) is 3. The van der Waals surface area contributed by atoms with Crippen LogP contribution >= 0.6 is 0 Å². The smallest absolute Gasteiger partial charge is 0.114 e. The molecule has 0 aliphatic carbocycles. The van der Waals surface area contributed by atoms with E-state index in [4.69, 9.17) is 0 Å². The van der Waals surface area contributed by atoms with E-state index in [0.29, 0.717) is 11.6 Å². The van der Waals surface area contributed by atoms with E-state index in [1.54, 1.807) is 14.0 Å². The van der Waals surface area contributed by atoms with Crippen LogP contribution in [0.4, 0.5) is 0 Å². The van der Waals surface area contributed by atoms with Crippen molar-refractivity contribution < 1.29 is 5.11 Å². The lowest BCUT2D eigenvalue weighted by Gasteiger charge is -2.04. The number of aliphatic hydroxyl groups is 1. The molecule has 0 saturated heterocycles. The van der Waals surface area contributed by atoms with Crippen LogP contribution < -0.4 is 0 Å². The van der Waals surface area contributed by atoms with Gasteiger partial charge < -0.3 is 5.11 Å². The second-order valence-corrected chi connectivity index (χ2v) is 3.29. The zero-order valence-electron chi connectivity index (χ0n) is 7.94. The van der Waals surface area contributed by atoms with Crippen molar-refractivity contribution in [1.82, 2.24) is 15.0 Å². The molecule has 1 atom stereocenters. The van der Waals surface area contributed by atoms with Crippen LogP contribution in [0.2, 0.25) is 0 Å². The molecule has 0 spiro atoms. The van der Waals surface area contributed by atoms with Gasteiger partial charge in [0.15, 0.2) is 0 Å². The first-order chi connectivity index (χ1) is 5.52. The first kappa shape index (κ1) is 9.19. The second-order valence-electron chi connectivity index (χ2n) is 3.29. The maximum atomic E-state index is 9.35. The molecule has 4 nitrogen and oxygen atoms in total. The van der Waals surface area contributed by atoms with Crippen molar-refractivity contribution in [2.24, 2.45) is 7.05 Å². The lowest BCUT2D eigenvalue weighted by molar-refractivity contribution is 0.192. The van der Waals surface area contributed by atoms with Crippen molar-refractivity contribution in [2.75, 3.05) is 0 Å². The highest BCUT2D eigenvalue weighted by Crippen LogP contribution is 2.20. The molecule has 1 unspecified atom stereocenters. The lowest BCUT2D eigenvalue weighted by atomic mass is 10.1. The van der Waals surface area contributed by atoms with Crippen LogP contribution in [0, 0.1) is 0 Å². The van der Waals surface area contributed by atoms with Gasteiger partial charge in [0.25, 0.3) is 0 Å². The summed E-state index contributed by atoms with van der Waals surface area (Å²) in [6.07, 6.45) is -0.531. The number of rotatable bonds is 2. The molecule has 12 heavy (non-hydrogen) atoms. The standard InChI is InChI=1S/C8H15N3O/c1-5(2)7-8(6(3)12)10-11(4)9-7/h5-6,12H,1-4H3. The predicted octanol–water partition coefficient (Wildman–Crippen LogP) is 0.992. The molecule has 0 aliphatic rings. The van der Waals surface area contributed by atoms with Gasteiger partial charge in [0.1, 0.15) is 5.69 Å². The molecule has 0 saturated carbocycles. The summed E-state index contributed by atoms with van der Waals surface area (Å²) >= 11 is 0.